The molecule has 0 radical (unpaired) electrons. The van der Waals surface area contributed by atoms with E-state index in [2.05, 4.69) is 10.4 Å². The van der Waals surface area contributed by atoms with Crippen LogP contribution in [0, 0.1) is 13.8 Å². The summed E-state index contributed by atoms with van der Waals surface area (Å²) in [5.74, 6) is -0.0693. The van der Waals surface area contributed by atoms with Gasteiger partial charge in [0, 0.05) is 24.8 Å². The van der Waals surface area contributed by atoms with Gasteiger partial charge in [-0.05, 0) is 26.8 Å². The number of hydrogen-bond acceptors (Lipinski definition) is 2. The van der Waals surface area contributed by atoms with Crippen LogP contribution in [0.5, 0.6) is 0 Å². The van der Waals surface area contributed by atoms with Crippen molar-refractivity contribution in [2.24, 2.45) is 7.05 Å². The average molecular weight is 207 g/mol. The molecule has 1 heterocycles. The van der Waals surface area contributed by atoms with E-state index in [1.807, 2.05) is 32.5 Å². The van der Waals surface area contributed by atoms with Gasteiger partial charge in [0.05, 0.1) is 5.69 Å². The Morgan fingerprint density at radius 2 is 2.20 bits per heavy atom. The summed E-state index contributed by atoms with van der Waals surface area (Å²) >= 11 is 0. The van der Waals surface area contributed by atoms with E-state index in [9.17, 15) is 4.79 Å². The number of allylic oxidation sites excluding steroid dienone is 1. The van der Waals surface area contributed by atoms with E-state index in [4.69, 9.17) is 0 Å². The lowest BCUT2D eigenvalue weighted by atomic mass is 10.2. The van der Waals surface area contributed by atoms with Gasteiger partial charge in [0.25, 0.3) is 0 Å². The van der Waals surface area contributed by atoms with Crippen LogP contribution < -0.4 is 5.32 Å². The highest BCUT2D eigenvalue weighted by molar-refractivity contribution is 5.87. The maximum absolute atomic E-state index is 11.2. The van der Waals surface area contributed by atoms with Crippen LogP contribution in [0.4, 0.5) is 0 Å². The predicted octanol–water partition coefficient (Wildman–Crippen LogP) is 1.23. The number of hydrogen-bond donors (Lipinski definition) is 1. The fourth-order valence-corrected chi connectivity index (χ4v) is 1.46. The molecule has 4 heteroatoms. The molecule has 0 bridgehead atoms. The van der Waals surface area contributed by atoms with Crippen molar-refractivity contribution in [3.05, 3.63) is 29.1 Å². The monoisotopic (exact) mass is 207 g/mol. The second-order valence-electron chi connectivity index (χ2n) is 3.49. The number of nitrogens with one attached hydrogen (secondary N) is 1. The molecule has 1 rings (SSSR count). The van der Waals surface area contributed by atoms with Gasteiger partial charge in [0.1, 0.15) is 0 Å². The zero-order valence-corrected chi connectivity index (χ0v) is 9.66. The fourth-order valence-electron chi connectivity index (χ4n) is 1.46. The van der Waals surface area contributed by atoms with E-state index in [1.165, 1.54) is 6.08 Å². The molecule has 1 aromatic rings. The standard InChI is InChI=1S/C11H17N3O/c1-5-6-11(15)12-7-10-8(2)13-14(4)9(10)3/h5-6H,7H2,1-4H3,(H,12,15). The van der Waals surface area contributed by atoms with E-state index < -0.39 is 0 Å². The third-order valence-corrected chi connectivity index (χ3v) is 2.42. The van der Waals surface area contributed by atoms with E-state index >= 15 is 0 Å². The number of carbonyl (C=O) groups is 1. The Kier molecular flexibility index (Phi) is 3.66. The molecular formula is C11H17N3O. The maximum Gasteiger partial charge on any atom is 0.243 e. The summed E-state index contributed by atoms with van der Waals surface area (Å²) in [7, 11) is 1.90. The van der Waals surface area contributed by atoms with Crippen molar-refractivity contribution in [1.29, 1.82) is 0 Å². The van der Waals surface area contributed by atoms with Crippen LogP contribution in [0.2, 0.25) is 0 Å². The number of amides is 1. The van der Waals surface area contributed by atoms with Crippen LogP contribution in [0.25, 0.3) is 0 Å². The molecule has 0 aromatic carbocycles. The largest absolute Gasteiger partial charge is 0.348 e. The first kappa shape index (κ1) is 11.5. The Bertz CT molecular complexity index is 391. The van der Waals surface area contributed by atoms with Gasteiger partial charge in [-0.15, -0.1) is 0 Å². The molecule has 0 saturated carbocycles. The van der Waals surface area contributed by atoms with Gasteiger partial charge >= 0.3 is 0 Å². The second kappa shape index (κ2) is 4.77. The van der Waals surface area contributed by atoms with Crippen LogP contribution >= 0.6 is 0 Å². The maximum atomic E-state index is 11.2. The fraction of sp³-hybridized carbons (Fsp3) is 0.455. The van der Waals surface area contributed by atoms with Gasteiger partial charge in [0.15, 0.2) is 0 Å². The minimum absolute atomic E-state index is 0.0693. The lowest BCUT2D eigenvalue weighted by molar-refractivity contribution is -0.116. The number of aryl methyl sites for hydroxylation is 2. The van der Waals surface area contributed by atoms with Gasteiger partial charge in [-0.25, -0.2) is 0 Å². The summed E-state index contributed by atoms with van der Waals surface area (Å²) < 4.78 is 1.83. The van der Waals surface area contributed by atoms with Crippen LogP contribution in [-0.2, 0) is 18.4 Å². The molecule has 82 valence electrons. The normalized spacial score (nSPS) is 10.9. The molecule has 4 nitrogen and oxygen atoms in total. The first-order chi connectivity index (χ1) is 7.06. The molecule has 0 aliphatic rings. The Balaban J connectivity index is 2.69. The van der Waals surface area contributed by atoms with E-state index in [-0.39, 0.29) is 5.91 Å². The first-order valence-corrected chi connectivity index (χ1v) is 4.96. The van der Waals surface area contributed by atoms with Crippen molar-refractivity contribution in [1.82, 2.24) is 15.1 Å². The van der Waals surface area contributed by atoms with Crippen molar-refractivity contribution in [2.45, 2.75) is 27.3 Å². The Morgan fingerprint density at radius 3 is 2.67 bits per heavy atom. The lowest BCUT2D eigenvalue weighted by Crippen LogP contribution is -2.20. The van der Waals surface area contributed by atoms with Gasteiger partial charge in [-0.3, -0.25) is 9.48 Å². The highest BCUT2D eigenvalue weighted by Gasteiger charge is 2.09. The van der Waals surface area contributed by atoms with Gasteiger partial charge < -0.3 is 5.32 Å². The second-order valence-corrected chi connectivity index (χ2v) is 3.49. The molecule has 1 amide bonds. The number of aromatic nitrogens is 2. The van der Waals surface area contributed by atoms with Crippen molar-refractivity contribution < 1.29 is 4.79 Å². The molecule has 0 fully saturated rings. The molecule has 0 spiro atoms. The highest BCUT2D eigenvalue weighted by atomic mass is 16.1. The lowest BCUT2D eigenvalue weighted by Gasteiger charge is -2.02. The molecule has 0 atom stereocenters. The summed E-state index contributed by atoms with van der Waals surface area (Å²) in [4.78, 5) is 11.2. The molecule has 0 aliphatic carbocycles. The minimum Gasteiger partial charge on any atom is -0.348 e. The summed E-state index contributed by atoms with van der Waals surface area (Å²) in [6.45, 7) is 6.30. The van der Waals surface area contributed by atoms with Gasteiger partial charge in [-0.1, -0.05) is 6.08 Å². The zero-order chi connectivity index (χ0) is 11.4. The molecule has 1 N–H and O–H groups in total. The Labute approximate surface area is 90.0 Å². The molecule has 15 heavy (non-hydrogen) atoms. The molecule has 0 aliphatic heterocycles. The van der Waals surface area contributed by atoms with Crippen molar-refractivity contribution in [3.8, 4) is 0 Å². The zero-order valence-electron chi connectivity index (χ0n) is 9.66. The average Bonchev–Trinajstić information content (AvgIpc) is 2.40. The summed E-state index contributed by atoms with van der Waals surface area (Å²) in [6.07, 6.45) is 3.24. The number of nitrogens with zero attached hydrogens (tertiary/aromatic N) is 2. The summed E-state index contributed by atoms with van der Waals surface area (Å²) in [5.41, 5.74) is 3.15. The summed E-state index contributed by atoms with van der Waals surface area (Å²) in [5, 5.41) is 7.10. The third-order valence-electron chi connectivity index (χ3n) is 2.42. The molecule has 0 unspecified atom stereocenters. The number of rotatable bonds is 3. The third kappa shape index (κ3) is 2.68. The molecule has 0 saturated heterocycles. The van der Waals surface area contributed by atoms with E-state index in [1.54, 1.807) is 6.08 Å². The van der Waals surface area contributed by atoms with Crippen LogP contribution in [0.1, 0.15) is 23.9 Å². The van der Waals surface area contributed by atoms with Gasteiger partial charge in [0.2, 0.25) is 5.91 Å². The minimum atomic E-state index is -0.0693. The Hall–Kier alpha value is -1.58. The summed E-state index contributed by atoms with van der Waals surface area (Å²) in [6, 6.07) is 0. The topological polar surface area (TPSA) is 46.9 Å². The van der Waals surface area contributed by atoms with Crippen molar-refractivity contribution in [3.63, 3.8) is 0 Å². The number of carbonyl (C=O) groups excluding carboxylic acids is 1. The highest BCUT2D eigenvalue weighted by Crippen LogP contribution is 2.10. The van der Waals surface area contributed by atoms with E-state index in [0.717, 1.165) is 17.0 Å². The van der Waals surface area contributed by atoms with Crippen LogP contribution in [-0.4, -0.2) is 15.7 Å². The van der Waals surface area contributed by atoms with Crippen LogP contribution in [0.3, 0.4) is 0 Å². The Morgan fingerprint density at radius 1 is 1.53 bits per heavy atom. The molecular weight excluding hydrogens is 190 g/mol. The smallest absolute Gasteiger partial charge is 0.243 e. The van der Waals surface area contributed by atoms with Crippen molar-refractivity contribution >= 4 is 5.91 Å². The van der Waals surface area contributed by atoms with Crippen molar-refractivity contribution in [2.75, 3.05) is 0 Å². The molecule has 1 aromatic heterocycles. The predicted molar refractivity (Wildman–Crippen MR) is 59.3 cm³/mol. The SMILES string of the molecule is CC=CC(=O)NCc1c(C)nn(C)c1C. The van der Waals surface area contributed by atoms with E-state index in [0.29, 0.717) is 6.54 Å². The van der Waals surface area contributed by atoms with Gasteiger partial charge in [-0.2, -0.15) is 5.10 Å². The van der Waals surface area contributed by atoms with Crippen LogP contribution in [0.15, 0.2) is 12.2 Å². The first-order valence-electron chi connectivity index (χ1n) is 4.96. The quantitative estimate of drug-likeness (QED) is 0.758.